The number of nitrogens with one attached hydrogen (secondary N) is 1. The maximum absolute atomic E-state index is 5.44. The van der Waals surface area contributed by atoms with Gasteiger partial charge in [0.1, 0.15) is 5.75 Å². The number of hydrogen-bond donors (Lipinski definition) is 1. The average Bonchev–Trinajstić information content (AvgIpc) is 2.38. The van der Waals surface area contributed by atoms with Gasteiger partial charge in [-0.15, -0.1) is 0 Å². The molecule has 0 aromatic heterocycles. The molecule has 1 N–H and O–H groups in total. The maximum atomic E-state index is 5.44. The zero-order valence-corrected chi connectivity index (χ0v) is 12.2. The summed E-state index contributed by atoms with van der Waals surface area (Å²) in [5.74, 6) is 1.04. The van der Waals surface area contributed by atoms with Crippen molar-refractivity contribution in [3.63, 3.8) is 0 Å². The Bertz CT molecular complexity index is 389. The first-order valence-corrected chi connectivity index (χ1v) is 7.23. The minimum absolute atomic E-state index is 0.575. The van der Waals surface area contributed by atoms with Crippen LogP contribution in [0.3, 0.4) is 0 Å². The van der Waals surface area contributed by atoms with Gasteiger partial charge < -0.3 is 10.1 Å². The van der Waals surface area contributed by atoms with Gasteiger partial charge in [-0.3, -0.25) is 0 Å². The molecule has 0 unspecified atom stereocenters. The Labute approximate surface area is 117 Å². The van der Waals surface area contributed by atoms with Crippen LogP contribution in [0, 0.1) is 0 Å². The van der Waals surface area contributed by atoms with Gasteiger partial charge in [-0.2, -0.15) is 0 Å². The van der Waals surface area contributed by atoms with E-state index in [2.05, 4.69) is 56.3 Å². The molecule has 2 nitrogen and oxygen atoms in total. The topological polar surface area (TPSA) is 21.3 Å². The smallest absolute Gasteiger partial charge is 0.122 e. The molecule has 0 radical (unpaired) electrons. The number of aryl methyl sites for hydroxylation is 1. The van der Waals surface area contributed by atoms with Gasteiger partial charge in [0.15, 0.2) is 0 Å². The third-order valence-corrected chi connectivity index (χ3v) is 3.78. The average molecular weight is 343 g/mol. The molecular formula is C14H18INO. The van der Waals surface area contributed by atoms with Crippen molar-refractivity contribution in [2.24, 2.45) is 0 Å². The van der Waals surface area contributed by atoms with Crippen molar-refractivity contribution >= 4 is 22.6 Å². The monoisotopic (exact) mass is 343 g/mol. The molecule has 0 bridgehead atoms. The van der Waals surface area contributed by atoms with Crippen LogP contribution in [0.15, 0.2) is 28.4 Å². The van der Waals surface area contributed by atoms with E-state index in [1.807, 2.05) is 0 Å². The van der Waals surface area contributed by atoms with E-state index >= 15 is 0 Å². The molecule has 1 atom stereocenters. The molecule has 3 heteroatoms. The van der Waals surface area contributed by atoms with Gasteiger partial charge in [-0.25, -0.2) is 0 Å². The first-order chi connectivity index (χ1) is 8.35. The van der Waals surface area contributed by atoms with E-state index in [0.29, 0.717) is 6.04 Å². The third-order valence-electron chi connectivity index (χ3n) is 3.28. The van der Waals surface area contributed by atoms with Gasteiger partial charge in [-0.05, 0) is 40.5 Å². The number of hydrogen-bond acceptors (Lipinski definition) is 2. The zero-order chi connectivity index (χ0) is 12.1. The molecule has 1 aliphatic rings. The van der Waals surface area contributed by atoms with Crippen LogP contribution in [0.1, 0.15) is 17.5 Å². The Morgan fingerprint density at radius 2 is 2.41 bits per heavy atom. The van der Waals surface area contributed by atoms with Crippen LogP contribution in [0.5, 0.6) is 5.75 Å². The summed E-state index contributed by atoms with van der Waals surface area (Å²) < 4.78 is 7.50. The Morgan fingerprint density at radius 3 is 3.18 bits per heavy atom. The second-order valence-corrected chi connectivity index (χ2v) is 5.03. The normalized spacial score (nSPS) is 19.3. The number of ether oxygens (including phenoxy) is 1. The minimum atomic E-state index is 0.575. The highest BCUT2D eigenvalue weighted by Crippen LogP contribution is 2.29. The summed E-state index contributed by atoms with van der Waals surface area (Å²) in [4.78, 5) is 0. The Morgan fingerprint density at radius 1 is 1.53 bits per heavy atom. The van der Waals surface area contributed by atoms with Gasteiger partial charge in [0.2, 0.25) is 0 Å². The van der Waals surface area contributed by atoms with Crippen molar-refractivity contribution in [3.05, 3.63) is 39.5 Å². The highest BCUT2D eigenvalue weighted by Gasteiger charge is 2.20. The summed E-state index contributed by atoms with van der Waals surface area (Å²) in [6.07, 6.45) is 5.60. The molecule has 0 fully saturated rings. The fraction of sp³-hybridized carbons (Fsp3) is 0.429. The SMILES string of the molecule is COc1cccc2c1C[C@@H](NC/C=C/I)CC2. The molecule has 0 saturated carbocycles. The fourth-order valence-corrected chi connectivity index (χ4v) is 2.65. The number of benzene rings is 1. The van der Waals surface area contributed by atoms with Gasteiger partial charge in [0, 0.05) is 12.6 Å². The largest absolute Gasteiger partial charge is 0.496 e. The molecule has 0 heterocycles. The van der Waals surface area contributed by atoms with Crippen molar-refractivity contribution in [1.29, 1.82) is 0 Å². The van der Waals surface area contributed by atoms with E-state index in [9.17, 15) is 0 Å². The Balaban J connectivity index is 2.06. The lowest BCUT2D eigenvalue weighted by atomic mass is 9.87. The second kappa shape index (κ2) is 6.40. The molecule has 1 aromatic carbocycles. The highest BCUT2D eigenvalue weighted by atomic mass is 127. The van der Waals surface area contributed by atoms with Crippen LogP contribution < -0.4 is 10.1 Å². The van der Waals surface area contributed by atoms with Crippen molar-refractivity contribution in [1.82, 2.24) is 5.32 Å². The maximum Gasteiger partial charge on any atom is 0.122 e. The Hall–Kier alpha value is -0.550. The lowest BCUT2D eigenvalue weighted by Crippen LogP contribution is -2.34. The van der Waals surface area contributed by atoms with Crippen molar-refractivity contribution in [2.45, 2.75) is 25.3 Å². The molecular weight excluding hydrogens is 325 g/mol. The second-order valence-electron chi connectivity index (χ2n) is 4.31. The number of methoxy groups -OCH3 is 1. The van der Waals surface area contributed by atoms with E-state index in [4.69, 9.17) is 4.74 Å². The van der Waals surface area contributed by atoms with Gasteiger partial charge in [-0.1, -0.05) is 40.8 Å². The van der Waals surface area contributed by atoms with Crippen molar-refractivity contribution < 1.29 is 4.74 Å². The van der Waals surface area contributed by atoms with Crippen LogP contribution in [0.4, 0.5) is 0 Å². The quantitative estimate of drug-likeness (QED) is 0.849. The van der Waals surface area contributed by atoms with Gasteiger partial charge in [0.05, 0.1) is 7.11 Å². The standard InChI is InChI=1S/C14H18INO/c1-17-14-5-2-4-11-6-7-12(10-13(11)14)16-9-3-8-15/h2-5,8,12,16H,6-7,9-10H2,1H3/b8-3+/t12-/m0/s1. The van der Waals surface area contributed by atoms with E-state index in [0.717, 1.165) is 25.1 Å². The van der Waals surface area contributed by atoms with Crippen LogP contribution >= 0.6 is 22.6 Å². The summed E-state index contributed by atoms with van der Waals surface area (Å²) in [5.41, 5.74) is 2.84. The van der Waals surface area contributed by atoms with Gasteiger partial charge in [0.25, 0.3) is 0 Å². The van der Waals surface area contributed by atoms with E-state index in [1.54, 1.807) is 7.11 Å². The first-order valence-electron chi connectivity index (χ1n) is 5.98. The number of rotatable bonds is 4. The van der Waals surface area contributed by atoms with Crippen molar-refractivity contribution in [2.75, 3.05) is 13.7 Å². The fourth-order valence-electron chi connectivity index (χ4n) is 2.40. The van der Waals surface area contributed by atoms with E-state index in [-0.39, 0.29) is 0 Å². The summed E-state index contributed by atoms with van der Waals surface area (Å²) in [6.45, 7) is 0.956. The van der Waals surface area contributed by atoms with E-state index < -0.39 is 0 Å². The van der Waals surface area contributed by atoms with Crippen LogP contribution in [0.25, 0.3) is 0 Å². The molecule has 0 amide bonds. The summed E-state index contributed by atoms with van der Waals surface area (Å²) in [6, 6.07) is 6.95. The predicted molar refractivity (Wildman–Crippen MR) is 80.0 cm³/mol. The Kier molecular flexibility index (Phi) is 4.86. The third kappa shape index (κ3) is 3.22. The predicted octanol–water partition coefficient (Wildman–Crippen LogP) is 3.09. The van der Waals surface area contributed by atoms with Crippen LogP contribution in [0.2, 0.25) is 0 Å². The molecule has 0 spiro atoms. The number of halogens is 1. The lowest BCUT2D eigenvalue weighted by molar-refractivity contribution is 0.397. The van der Waals surface area contributed by atoms with Crippen LogP contribution in [-0.2, 0) is 12.8 Å². The molecule has 17 heavy (non-hydrogen) atoms. The van der Waals surface area contributed by atoms with Crippen molar-refractivity contribution in [3.8, 4) is 5.75 Å². The molecule has 1 aliphatic carbocycles. The first kappa shape index (κ1) is 12.9. The molecule has 0 aliphatic heterocycles. The summed E-state index contributed by atoms with van der Waals surface area (Å²) in [5, 5.41) is 3.57. The van der Waals surface area contributed by atoms with Crippen LogP contribution in [-0.4, -0.2) is 19.7 Å². The zero-order valence-electron chi connectivity index (χ0n) is 10.1. The lowest BCUT2D eigenvalue weighted by Gasteiger charge is -2.26. The number of fused-ring (bicyclic) bond motifs is 1. The highest BCUT2D eigenvalue weighted by molar-refractivity contribution is 14.1. The molecule has 92 valence electrons. The van der Waals surface area contributed by atoms with E-state index in [1.165, 1.54) is 17.5 Å². The minimum Gasteiger partial charge on any atom is -0.496 e. The molecule has 2 rings (SSSR count). The summed E-state index contributed by atoms with van der Waals surface area (Å²) >= 11 is 2.25. The molecule has 1 aromatic rings. The van der Waals surface area contributed by atoms with Gasteiger partial charge >= 0.3 is 0 Å². The summed E-state index contributed by atoms with van der Waals surface area (Å²) in [7, 11) is 1.76. The molecule has 0 saturated heterocycles.